The zero-order valence-electron chi connectivity index (χ0n) is 29.0. The van der Waals surface area contributed by atoms with E-state index < -0.39 is 28.7 Å². The minimum atomic E-state index is -0.849. The molecule has 6 rings (SSSR count). The lowest BCUT2D eigenvalue weighted by Crippen LogP contribution is -2.52. The summed E-state index contributed by atoms with van der Waals surface area (Å²) >= 11 is 0. The average molecular weight is 691 g/mol. The number of anilines is 3. The second kappa shape index (κ2) is 14.6. The second-order valence-electron chi connectivity index (χ2n) is 13.3. The highest BCUT2D eigenvalue weighted by molar-refractivity contribution is 5.95. The molecule has 1 aliphatic carbocycles. The lowest BCUT2D eigenvalue weighted by Gasteiger charge is -2.41. The SMILES string of the molecule is CCOC(=O)c1cn(C2CC2)c2c(F)c(N3CCN(CCCCn4c(=O)cc(Nc5ccc(C)c(CC)c5)[nH]c4=O)[C@H](C)C3)c(F)cc2c1=O. The number of aryl methyl sites for hydroxylation is 2. The Morgan fingerprint density at radius 3 is 2.48 bits per heavy atom. The molecule has 2 fully saturated rings. The number of unbranched alkanes of at least 4 members (excludes halogenated alkanes) is 1. The lowest BCUT2D eigenvalue weighted by atomic mass is 10.1. The zero-order valence-corrected chi connectivity index (χ0v) is 29.0. The monoisotopic (exact) mass is 690 g/mol. The van der Waals surface area contributed by atoms with Crippen LogP contribution in [-0.4, -0.2) is 63.8 Å². The van der Waals surface area contributed by atoms with Crippen LogP contribution in [0, 0.1) is 18.6 Å². The van der Waals surface area contributed by atoms with Crippen LogP contribution in [0.2, 0.25) is 0 Å². The molecule has 0 spiro atoms. The van der Waals surface area contributed by atoms with Crippen molar-refractivity contribution in [1.29, 1.82) is 0 Å². The van der Waals surface area contributed by atoms with Gasteiger partial charge in [0, 0.05) is 56.2 Å². The molecule has 1 saturated heterocycles. The third-order valence-electron chi connectivity index (χ3n) is 9.81. The van der Waals surface area contributed by atoms with Crippen LogP contribution >= 0.6 is 0 Å². The van der Waals surface area contributed by atoms with Gasteiger partial charge in [-0.3, -0.25) is 24.0 Å². The quantitative estimate of drug-likeness (QED) is 0.153. The Bertz CT molecular complexity index is 2070. The number of aromatic amines is 1. The number of nitrogens with zero attached hydrogens (tertiary/aromatic N) is 4. The number of rotatable bonds is 12. The van der Waals surface area contributed by atoms with Crippen molar-refractivity contribution in [2.45, 2.75) is 78.4 Å². The standard InChI is InChI=1S/C37H44F2N6O5/c1-5-24-17-25(10-9-22(24)3)40-30-19-31(46)44(37(49)41-30)14-8-7-13-42-15-16-43(20-23(42)4)34-29(38)18-27-33(32(34)39)45(26-11-12-26)21-28(35(27)47)36(48)50-6-2/h9-10,17-19,21,23,26,40H,5-8,11-16,20H2,1-4H3,(H,41,49)/t23-/m1/s1. The van der Waals surface area contributed by atoms with Gasteiger partial charge in [0.2, 0.25) is 5.43 Å². The summed E-state index contributed by atoms with van der Waals surface area (Å²) in [6, 6.07) is 8.23. The summed E-state index contributed by atoms with van der Waals surface area (Å²) in [7, 11) is 0. The van der Waals surface area contributed by atoms with Crippen molar-refractivity contribution in [2.24, 2.45) is 0 Å². The molecular weight excluding hydrogens is 646 g/mol. The maximum atomic E-state index is 16.3. The molecule has 2 aromatic heterocycles. The van der Waals surface area contributed by atoms with Crippen molar-refractivity contribution in [3.8, 4) is 0 Å². The van der Waals surface area contributed by atoms with Gasteiger partial charge in [0.05, 0.1) is 17.5 Å². The minimum absolute atomic E-state index is 0.00635. The number of benzene rings is 2. The molecule has 1 saturated carbocycles. The van der Waals surface area contributed by atoms with Crippen molar-refractivity contribution in [1.82, 2.24) is 19.0 Å². The third-order valence-corrected chi connectivity index (χ3v) is 9.81. The van der Waals surface area contributed by atoms with E-state index in [-0.39, 0.29) is 52.9 Å². The van der Waals surface area contributed by atoms with Crippen LogP contribution in [0.5, 0.6) is 0 Å². The van der Waals surface area contributed by atoms with E-state index in [9.17, 15) is 19.2 Å². The maximum Gasteiger partial charge on any atom is 0.343 e. The van der Waals surface area contributed by atoms with Crippen LogP contribution in [0.25, 0.3) is 10.9 Å². The Hall–Kier alpha value is -4.78. The molecule has 2 N–H and O–H groups in total. The van der Waals surface area contributed by atoms with Gasteiger partial charge < -0.3 is 19.5 Å². The van der Waals surface area contributed by atoms with E-state index in [1.807, 2.05) is 32.0 Å². The molecule has 1 atom stereocenters. The Kier molecular flexibility index (Phi) is 10.2. The molecular formula is C37H44F2N6O5. The summed E-state index contributed by atoms with van der Waals surface area (Å²) in [5.74, 6) is -2.12. The molecule has 3 heterocycles. The van der Waals surface area contributed by atoms with E-state index in [0.717, 1.165) is 31.0 Å². The smallest absolute Gasteiger partial charge is 0.343 e. The number of H-pyrrole nitrogens is 1. The third kappa shape index (κ3) is 7.09. The number of fused-ring (bicyclic) bond motifs is 1. The number of ether oxygens (including phenoxy) is 1. The number of esters is 1. The van der Waals surface area contributed by atoms with Crippen LogP contribution in [0.1, 0.15) is 74.0 Å². The van der Waals surface area contributed by atoms with Crippen molar-refractivity contribution < 1.29 is 18.3 Å². The predicted molar refractivity (Wildman–Crippen MR) is 190 cm³/mol. The number of pyridine rings is 1. The molecule has 13 heteroatoms. The van der Waals surface area contributed by atoms with Crippen LogP contribution < -0.4 is 26.9 Å². The Balaban J connectivity index is 1.09. The fourth-order valence-electron chi connectivity index (χ4n) is 6.92. The highest BCUT2D eigenvalue weighted by Gasteiger charge is 2.33. The van der Waals surface area contributed by atoms with Gasteiger partial charge in [0.15, 0.2) is 5.82 Å². The van der Waals surface area contributed by atoms with Gasteiger partial charge in [-0.15, -0.1) is 0 Å². The molecule has 0 amide bonds. The van der Waals surface area contributed by atoms with Gasteiger partial charge in [-0.1, -0.05) is 13.0 Å². The first-order chi connectivity index (χ1) is 24.0. The first kappa shape index (κ1) is 35.1. The summed E-state index contributed by atoms with van der Waals surface area (Å²) < 4.78 is 39.7. The summed E-state index contributed by atoms with van der Waals surface area (Å²) in [5.41, 5.74) is 1.15. The molecule has 50 heavy (non-hydrogen) atoms. The number of aromatic nitrogens is 3. The van der Waals surface area contributed by atoms with Crippen molar-refractivity contribution >= 4 is 34.1 Å². The molecule has 0 radical (unpaired) electrons. The summed E-state index contributed by atoms with van der Waals surface area (Å²) in [6.45, 7) is 10.1. The summed E-state index contributed by atoms with van der Waals surface area (Å²) in [6.07, 6.45) is 5.08. The van der Waals surface area contributed by atoms with E-state index in [0.29, 0.717) is 44.8 Å². The molecule has 266 valence electrons. The summed E-state index contributed by atoms with van der Waals surface area (Å²) in [5, 5.41) is 2.95. The van der Waals surface area contributed by atoms with Gasteiger partial charge >= 0.3 is 11.7 Å². The first-order valence-electron chi connectivity index (χ1n) is 17.4. The molecule has 2 aromatic carbocycles. The van der Waals surface area contributed by atoms with E-state index in [4.69, 9.17) is 4.74 Å². The molecule has 2 aliphatic rings. The number of hydrogen-bond acceptors (Lipinski definition) is 8. The summed E-state index contributed by atoms with van der Waals surface area (Å²) in [4.78, 5) is 57.9. The van der Waals surface area contributed by atoms with Crippen molar-refractivity contribution in [3.63, 3.8) is 0 Å². The number of nitrogens with one attached hydrogen (secondary N) is 2. The minimum Gasteiger partial charge on any atom is -0.462 e. The molecule has 0 unspecified atom stereocenters. The van der Waals surface area contributed by atoms with E-state index in [2.05, 4.69) is 22.1 Å². The number of carbonyl (C=O) groups is 1. The van der Waals surface area contributed by atoms with Gasteiger partial charge in [-0.05, 0) is 88.7 Å². The van der Waals surface area contributed by atoms with E-state index in [1.54, 1.807) is 16.4 Å². The number of halogens is 2. The second-order valence-corrected chi connectivity index (χ2v) is 13.3. The Labute approximate surface area is 288 Å². The zero-order chi connectivity index (χ0) is 35.7. The first-order valence-corrected chi connectivity index (χ1v) is 17.4. The normalized spacial score (nSPS) is 16.6. The average Bonchev–Trinajstić information content (AvgIpc) is 3.92. The van der Waals surface area contributed by atoms with Gasteiger partial charge in [0.1, 0.15) is 22.9 Å². The number of carbonyl (C=O) groups excluding carboxylic acids is 1. The fraction of sp³-hybridized carbons (Fsp3) is 0.459. The van der Waals surface area contributed by atoms with Crippen LogP contribution in [0.4, 0.5) is 26.0 Å². The van der Waals surface area contributed by atoms with Crippen molar-refractivity contribution in [2.75, 3.05) is 43.0 Å². The van der Waals surface area contributed by atoms with Crippen LogP contribution in [0.3, 0.4) is 0 Å². The van der Waals surface area contributed by atoms with E-state index in [1.165, 1.54) is 28.0 Å². The molecule has 4 aromatic rings. The highest BCUT2D eigenvalue weighted by atomic mass is 19.1. The van der Waals surface area contributed by atoms with Gasteiger partial charge in [0.25, 0.3) is 5.56 Å². The van der Waals surface area contributed by atoms with Crippen LogP contribution in [0.15, 0.2) is 50.9 Å². The predicted octanol–water partition coefficient (Wildman–Crippen LogP) is 5.25. The molecule has 1 aliphatic heterocycles. The van der Waals surface area contributed by atoms with Gasteiger partial charge in [-0.2, -0.15) is 0 Å². The Morgan fingerprint density at radius 1 is 1.04 bits per heavy atom. The number of piperazine rings is 1. The lowest BCUT2D eigenvalue weighted by molar-refractivity contribution is 0.0524. The Morgan fingerprint density at radius 2 is 1.80 bits per heavy atom. The highest BCUT2D eigenvalue weighted by Crippen LogP contribution is 2.40. The molecule has 11 nitrogen and oxygen atoms in total. The number of hydrogen-bond donors (Lipinski definition) is 2. The largest absolute Gasteiger partial charge is 0.462 e. The van der Waals surface area contributed by atoms with Crippen molar-refractivity contribution in [3.05, 3.63) is 95.9 Å². The molecule has 0 bridgehead atoms. The topological polar surface area (TPSA) is 122 Å². The van der Waals surface area contributed by atoms with Gasteiger partial charge in [-0.25, -0.2) is 18.4 Å². The maximum absolute atomic E-state index is 16.3. The fourth-order valence-corrected chi connectivity index (χ4v) is 6.92. The van der Waals surface area contributed by atoms with Crippen LogP contribution in [-0.2, 0) is 17.7 Å². The van der Waals surface area contributed by atoms with E-state index >= 15 is 8.78 Å².